The van der Waals surface area contributed by atoms with E-state index < -0.39 is 0 Å². The van der Waals surface area contributed by atoms with E-state index >= 15 is 0 Å². The second-order valence-electron chi connectivity index (χ2n) is 5.59. The quantitative estimate of drug-likeness (QED) is 0.781. The summed E-state index contributed by atoms with van der Waals surface area (Å²) in [7, 11) is 0. The largest absolute Gasteiger partial charge is 0.352 e. The molecule has 0 saturated carbocycles. The molecule has 1 amide bonds. The van der Waals surface area contributed by atoms with E-state index in [0.29, 0.717) is 13.0 Å². The number of fused-ring (bicyclic) bond motifs is 1. The summed E-state index contributed by atoms with van der Waals surface area (Å²) in [6.45, 7) is 2.65. The van der Waals surface area contributed by atoms with Gasteiger partial charge < -0.3 is 5.32 Å². The first kappa shape index (κ1) is 15.2. The zero-order valence-electron chi connectivity index (χ0n) is 13.3. The second kappa shape index (κ2) is 7.05. The van der Waals surface area contributed by atoms with E-state index in [1.54, 1.807) is 6.20 Å². The van der Waals surface area contributed by atoms with Crippen LogP contribution in [0.25, 0.3) is 10.8 Å². The van der Waals surface area contributed by atoms with Crippen LogP contribution < -0.4 is 5.32 Å². The van der Waals surface area contributed by atoms with E-state index in [9.17, 15) is 4.79 Å². The van der Waals surface area contributed by atoms with E-state index in [4.69, 9.17) is 0 Å². The Balaban J connectivity index is 1.69. The van der Waals surface area contributed by atoms with E-state index in [0.717, 1.165) is 22.9 Å². The molecule has 0 bridgehead atoms. The topological polar surface area (TPSA) is 42.0 Å². The maximum Gasteiger partial charge on any atom is 0.224 e. The fourth-order valence-corrected chi connectivity index (χ4v) is 2.82. The highest BCUT2D eigenvalue weighted by molar-refractivity contribution is 5.90. The van der Waals surface area contributed by atoms with Crippen molar-refractivity contribution in [3.05, 3.63) is 77.6 Å². The first-order valence-electron chi connectivity index (χ1n) is 7.93. The van der Waals surface area contributed by atoms with Gasteiger partial charge in [-0.25, -0.2) is 0 Å². The Morgan fingerprint density at radius 2 is 1.83 bits per heavy atom. The number of nitrogens with zero attached hydrogens (tertiary/aromatic N) is 1. The SMILES string of the molecule is CCc1cnccc1CNC(=O)Cc1cccc2ccccc12. The third-order valence-electron chi connectivity index (χ3n) is 4.09. The summed E-state index contributed by atoms with van der Waals surface area (Å²) in [5.41, 5.74) is 3.37. The van der Waals surface area contributed by atoms with Crippen LogP contribution in [0.2, 0.25) is 0 Å². The van der Waals surface area contributed by atoms with Gasteiger partial charge in [0.05, 0.1) is 6.42 Å². The third kappa shape index (κ3) is 3.57. The molecule has 0 unspecified atom stereocenters. The lowest BCUT2D eigenvalue weighted by atomic mass is 10.0. The van der Waals surface area contributed by atoms with Gasteiger partial charge in [-0.2, -0.15) is 0 Å². The first-order chi connectivity index (χ1) is 11.3. The van der Waals surface area contributed by atoms with Gasteiger partial charge in [-0.1, -0.05) is 49.4 Å². The standard InChI is InChI=1S/C20H20N2O/c1-2-15-13-21-11-10-18(15)14-22-20(23)12-17-8-5-7-16-6-3-4-9-19(16)17/h3-11,13H,2,12,14H2,1H3,(H,22,23). The molecule has 0 radical (unpaired) electrons. The Labute approximate surface area is 136 Å². The van der Waals surface area contributed by atoms with Gasteiger partial charge in [-0.15, -0.1) is 0 Å². The van der Waals surface area contributed by atoms with Gasteiger partial charge >= 0.3 is 0 Å². The number of carbonyl (C=O) groups excluding carboxylic acids is 1. The van der Waals surface area contributed by atoms with Crippen LogP contribution >= 0.6 is 0 Å². The molecule has 2 aromatic carbocycles. The van der Waals surface area contributed by atoms with E-state index in [1.807, 2.05) is 36.5 Å². The fourth-order valence-electron chi connectivity index (χ4n) is 2.82. The molecule has 3 aromatic rings. The van der Waals surface area contributed by atoms with Crippen LogP contribution in [0.3, 0.4) is 0 Å². The van der Waals surface area contributed by atoms with Crippen molar-refractivity contribution in [3.63, 3.8) is 0 Å². The molecule has 116 valence electrons. The lowest BCUT2D eigenvalue weighted by Gasteiger charge is -2.10. The van der Waals surface area contributed by atoms with Crippen molar-refractivity contribution >= 4 is 16.7 Å². The zero-order chi connectivity index (χ0) is 16.1. The molecular formula is C20H20N2O. The average molecular weight is 304 g/mol. The molecule has 23 heavy (non-hydrogen) atoms. The highest BCUT2D eigenvalue weighted by Gasteiger charge is 2.08. The number of amides is 1. The summed E-state index contributed by atoms with van der Waals surface area (Å²) in [5, 5.41) is 5.33. The Hall–Kier alpha value is -2.68. The third-order valence-corrected chi connectivity index (χ3v) is 4.09. The molecule has 1 N–H and O–H groups in total. The lowest BCUT2D eigenvalue weighted by molar-refractivity contribution is -0.120. The predicted molar refractivity (Wildman–Crippen MR) is 93.1 cm³/mol. The van der Waals surface area contributed by atoms with Gasteiger partial charge in [0.25, 0.3) is 0 Å². The predicted octanol–water partition coefficient (Wildman–Crippen LogP) is 3.66. The Bertz CT molecular complexity index is 821. The van der Waals surface area contributed by atoms with Gasteiger partial charge in [0, 0.05) is 18.9 Å². The van der Waals surface area contributed by atoms with Crippen LogP contribution in [0.1, 0.15) is 23.6 Å². The van der Waals surface area contributed by atoms with E-state index in [2.05, 4.69) is 35.4 Å². The Morgan fingerprint density at radius 3 is 2.70 bits per heavy atom. The smallest absolute Gasteiger partial charge is 0.224 e. The maximum absolute atomic E-state index is 12.3. The minimum Gasteiger partial charge on any atom is -0.352 e. The minimum atomic E-state index is 0.0419. The number of benzene rings is 2. The van der Waals surface area contributed by atoms with Crippen molar-refractivity contribution in [3.8, 4) is 0 Å². The molecule has 3 rings (SSSR count). The zero-order valence-corrected chi connectivity index (χ0v) is 13.3. The van der Waals surface area contributed by atoms with Gasteiger partial charge in [-0.05, 0) is 39.9 Å². The number of rotatable bonds is 5. The van der Waals surface area contributed by atoms with E-state index in [1.165, 1.54) is 10.9 Å². The molecule has 0 spiro atoms. The lowest BCUT2D eigenvalue weighted by Crippen LogP contribution is -2.25. The number of nitrogens with one attached hydrogen (secondary N) is 1. The van der Waals surface area contributed by atoms with Crippen molar-refractivity contribution in [2.75, 3.05) is 0 Å². The molecule has 0 aliphatic rings. The fraction of sp³-hybridized carbons (Fsp3) is 0.200. The highest BCUT2D eigenvalue weighted by atomic mass is 16.1. The van der Waals surface area contributed by atoms with Crippen LogP contribution in [0.15, 0.2) is 60.9 Å². The van der Waals surface area contributed by atoms with Crippen LogP contribution in [0.5, 0.6) is 0 Å². The summed E-state index contributed by atoms with van der Waals surface area (Å²) < 4.78 is 0. The molecular weight excluding hydrogens is 284 g/mol. The summed E-state index contributed by atoms with van der Waals surface area (Å²) in [5.74, 6) is 0.0419. The minimum absolute atomic E-state index is 0.0419. The van der Waals surface area contributed by atoms with Crippen molar-refractivity contribution in [2.24, 2.45) is 0 Å². The van der Waals surface area contributed by atoms with E-state index in [-0.39, 0.29) is 5.91 Å². The molecule has 1 heterocycles. The van der Waals surface area contributed by atoms with Crippen molar-refractivity contribution < 1.29 is 4.79 Å². The number of aromatic nitrogens is 1. The number of hydrogen-bond acceptors (Lipinski definition) is 2. The Morgan fingerprint density at radius 1 is 1.00 bits per heavy atom. The van der Waals surface area contributed by atoms with Crippen LogP contribution in [0, 0.1) is 0 Å². The molecule has 0 aliphatic carbocycles. The van der Waals surface area contributed by atoms with Gasteiger partial charge in [-0.3, -0.25) is 9.78 Å². The average Bonchev–Trinajstić information content (AvgIpc) is 2.60. The van der Waals surface area contributed by atoms with Gasteiger partial charge in [0.15, 0.2) is 0 Å². The highest BCUT2D eigenvalue weighted by Crippen LogP contribution is 2.19. The molecule has 0 aliphatic heterocycles. The number of hydrogen-bond donors (Lipinski definition) is 1. The Kier molecular flexibility index (Phi) is 4.67. The normalized spacial score (nSPS) is 10.7. The maximum atomic E-state index is 12.3. The molecule has 0 fully saturated rings. The van der Waals surface area contributed by atoms with Gasteiger partial charge in [0.2, 0.25) is 5.91 Å². The number of carbonyl (C=O) groups is 1. The van der Waals surface area contributed by atoms with Crippen LogP contribution in [-0.4, -0.2) is 10.9 Å². The summed E-state index contributed by atoms with van der Waals surface area (Å²) in [4.78, 5) is 16.4. The molecule has 0 saturated heterocycles. The van der Waals surface area contributed by atoms with Crippen molar-refractivity contribution in [1.29, 1.82) is 0 Å². The van der Waals surface area contributed by atoms with Crippen molar-refractivity contribution in [1.82, 2.24) is 10.3 Å². The second-order valence-corrected chi connectivity index (χ2v) is 5.59. The summed E-state index contributed by atoms with van der Waals surface area (Å²) in [6.07, 6.45) is 4.95. The van der Waals surface area contributed by atoms with Crippen molar-refractivity contribution in [2.45, 2.75) is 26.3 Å². The first-order valence-corrected chi connectivity index (χ1v) is 7.93. The summed E-state index contributed by atoms with van der Waals surface area (Å²) in [6, 6.07) is 16.2. The van der Waals surface area contributed by atoms with Crippen LogP contribution in [-0.2, 0) is 24.2 Å². The molecule has 0 atom stereocenters. The number of aryl methyl sites for hydroxylation is 1. The number of pyridine rings is 1. The summed E-state index contributed by atoms with van der Waals surface area (Å²) >= 11 is 0. The monoisotopic (exact) mass is 304 g/mol. The molecule has 3 nitrogen and oxygen atoms in total. The molecule has 3 heteroatoms. The van der Waals surface area contributed by atoms with Crippen LogP contribution in [0.4, 0.5) is 0 Å². The van der Waals surface area contributed by atoms with Gasteiger partial charge in [0.1, 0.15) is 0 Å². The molecule has 1 aromatic heterocycles.